The fourth-order valence-electron chi connectivity index (χ4n) is 4.33. The largest absolute Gasteiger partial charge is 0.343 e. The molecule has 0 radical (unpaired) electrons. The molecule has 0 amide bonds. The average molecular weight is 494 g/mol. The van der Waals surface area contributed by atoms with E-state index in [1.54, 1.807) is 0 Å². The number of rotatable bonds is 0. The Bertz CT molecular complexity index is 887. The Balaban J connectivity index is 0.000000137. The van der Waals surface area contributed by atoms with Crippen molar-refractivity contribution in [3.05, 3.63) is 67.6 Å². The predicted molar refractivity (Wildman–Crippen MR) is 112 cm³/mol. The smallest absolute Gasteiger partial charge is 0.198 e. The van der Waals surface area contributed by atoms with Gasteiger partial charge in [-0.15, -0.1) is 0 Å². The standard InChI is InChI=1S/C12H13BrO2.C10H9BrO/c1-8-7-9-10(3-2-4-11(9)13)12(8)14-5-6-15-12;1-6-5-8-7(10(6)12)3-2-4-9(8)11/h2-4,8H,5-7H2,1H3;2-4,6H,5H2,1H3. The summed E-state index contributed by atoms with van der Waals surface area (Å²) in [6.45, 7) is 5.58. The van der Waals surface area contributed by atoms with Gasteiger partial charge in [0.25, 0.3) is 0 Å². The summed E-state index contributed by atoms with van der Waals surface area (Å²) in [5.41, 5.74) is 4.63. The van der Waals surface area contributed by atoms with Gasteiger partial charge in [0.15, 0.2) is 11.6 Å². The number of hydrogen-bond donors (Lipinski definition) is 0. The number of carbonyl (C=O) groups is 1. The van der Waals surface area contributed by atoms with E-state index in [2.05, 4.69) is 50.9 Å². The second-order valence-electron chi connectivity index (χ2n) is 7.47. The first-order chi connectivity index (χ1) is 12.9. The van der Waals surface area contributed by atoms with E-state index in [1.165, 1.54) is 21.2 Å². The topological polar surface area (TPSA) is 35.5 Å². The molecule has 3 nitrogen and oxygen atoms in total. The van der Waals surface area contributed by atoms with E-state index >= 15 is 0 Å². The number of ether oxygens (including phenoxy) is 2. The summed E-state index contributed by atoms with van der Waals surface area (Å²) >= 11 is 7.04. The first-order valence-electron chi connectivity index (χ1n) is 9.31. The molecule has 3 aliphatic rings. The number of Topliss-reactive ketones (excluding diaryl/α,β-unsaturated/α-hetero) is 1. The molecule has 0 bridgehead atoms. The van der Waals surface area contributed by atoms with E-state index in [0.29, 0.717) is 19.1 Å². The second kappa shape index (κ2) is 7.43. The molecule has 27 heavy (non-hydrogen) atoms. The lowest BCUT2D eigenvalue weighted by molar-refractivity contribution is -0.192. The molecule has 1 heterocycles. The van der Waals surface area contributed by atoms with Crippen molar-refractivity contribution < 1.29 is 14.3 Å². The van der Waals surface area contributed by atoms with Gasteiger partial charge in [0.2, 0.25) is 0 Å². The number of hydrogen-bond acceptors (Lipinski definition) is 3. The van der Waals surface area contributed by atoms with Crippen molar-refractivity contribution in [2.24, 2.45) is 11.8 Å². The van der Waals surface area contributed by atoms with E-state index < -0.39 is 5.79 Å². The number of ketones is 1. The third kappa shape index (κ3) is 3.23. The van der Waals surface area contributed by atoms with E-state index in [9.17, 15) is 4.79 Å². The maximum absolute atomic E-state index is 11.5. The van der Waals surface area contributed by atoms with Crippen LogP contribution in [0, 0.1) is 11.8 Å². The fourth-order valence-corrected chi connectivity index (χ4v) is 5.38. The molecule has 142 valence electrons. The molecule has 0 aromatic heterocycles. The maximum atomic E-state index is 11.5. The molecule has 2 aromatic carbocycles. The Morgan fingerprint density at radius 2 is 1.56 bits per heavy atom. The van der Waals surface area contributed by atoms with Gasteiger partial charge >= 0.3 is 0 Å². The SMILES string of the molecule is CC1Cc2c(Br)cccc2C12OCCO2.CC1Cc2c(Br)cccc2C1=O. The van der Waals surface area contributed by atoms with Crippen LogP contribution in [0.15, 0.2) is 45.3 Å². The van der Waals surface area contributed by atoms with Crippen molar-refractivity contribution in [3.8, 4) is 0 Å². The normalized spacial score (nSPS) is 24.5. The summed E-state index contributed by atoms with van der Waals surface area (Å²) in [5.74, 6) is 0.387. The summed E-state index contributed by atoms with van der Waals surface area (Å²) in [6, 6.07) is 12.1. The molecule has 5 rings (SSSR count). The lowest BCUT2D eigenvalue weighted by atomic mass is 10.0. The van der Waals surface area contributed by atoms with Crippen molar-refractivity contribution in [1.29, 1.82) is 0 Å². The Kier molecular flexibility index (Phi) is 5.32. The first kappa shape index (κ1) is 19.3. The fraction of sp³-hybridized carbons (Fsp3) is 0.409. The predicted octanol–water partition coefficient (Wildman–Crippen LogP) is 5.66. The van der Waals surface area contributed by atoms with Crippen LogP contribution in [0.2, 0.25) is 0 Å². The molecule has 2 unspecified atom stereocenters. The van der Waals surface area contributed by atoms with Crippen LogP contribution in [0.3, 0.4) is 0 Å². The molecule has 2 aromatic rings. The van der Waals surface area contributed by atoms with Gasteiger partial charge in [0.05, 0.1) is 13.2 Å². The van der Waals surface area contributed by atoms with Crippen LogP contribution in [0.5, 0.6) is 0 Å². The van der Waals surface area contributed by atoms with Gasteiger partial charge in [-0.3, -0.25) is 4.79 Å². The Labute approximate surface area is 176 Å². The van der Waals surface area contributed by atoms with Gasteiger partial charge in [-0.25, -0.2) is 0 Å². The van der Waals surface area contributed by atoms with Gasteiger partial charge in [0.1, 0.15) is 0 Å². The van der Waals surface area contributed by atoms with Crippen LogP contribution in [0.1, 0.15) is 40.9 Å². The van der Waals surface area contributed by atoms with Crippen molar-refractivity contribution in [2.45, 2.75) is 32.5 Å². The minimum Gasteiger partial charge on any atom is -0.343 e. The highest BCUT2D eigenvalue weighted by Gasteiger charge is 2.50. The Morgan fingerprint density at radius 1 is 0.926 bits per heavy atom. The quantitative estimate of drug-likeness (QED) is 0.474. The zero-order valence-electron chi connectivity index (χ0n) is 15.4. The zero-order chi connectivity index (χ0) is 19.2. The van der Waals surface area contributed by atoms with Crippen molar-refractivity contribution in [2.75, 3.05) is 13.2 Å². The number of benzene rings is 2. The number of carbonyl (C=O) groups excluding carboxylic acids is 1. The molecule has 2 atom stereocenters. The van der Waals surface area contributed by atoms with Gasteiger partial charge in [-0.2, -0.15) is 0 Å². The summed E-state index contributed by atoms with van der Waals surface area (Å²) in [6.07, 6.45) is 1.91. The lowest BCUT2D eigenvalue weighted by Crippen LogP contribution is -2.30. The van der Waals surface area contributed by atoms with E-state index in [0.717, 1.165) is 22.9 Å². The molecule has 1 aliphatic heterocycles. The van der Waals surface area contributed by atoms with E-state index in [4.69, 9.17) is 9.47 Å². The van der Waals surface area contributed by atoms with Crippen molar-refractivity contribution >= 4 is 37.6 Å². The summed E-state index contributed by atoms with van der Waals surface area (Å²) in [4.78, 5) is 11.5. The molecular formula is C22H22Br2O3. The van der Waals surface area contributed by atoms with E-state index in [-0.39, 0.29) is 11.7 Å². The molecule has 5 heteroatoms. The van der Waals surface area contributed by atoms with E-state index in [1.807, 2.05) is 31.2 Å². The monoisotopic (exact) mass is 492 g/mol. The molecule has 1 fully saturated rings. The highest BCUT2D eigenvalue weighted by molar-refractivity contribution is 9.10. The number of halogens is 2. The minimum atomic E-state index is -0.459. The zero-order valence-corrected chi connectivity index (χ0v) is 18.6. The van der Waals surface area contributed by atoms with Gasteiger partial charge in [0, 0.05) is 31.9 Å². The second-order valence-corrected chi connectivity index (χ2v) is 9.18. The third-order valence-electron chi connectivity index (χ3n) is 5.71. The van der Waals surface area contributed by atoms with Crippen LogP contribution in [-0.4, -0.2) is 19.0 Å². The van der Waals surface area contributed by atoms with Crippen LogP contribution >= 0.6 is 31.9 Å². The summed E-state index contributed by atoms with van der Waals surface area (Å²) in [5, 5.41) is 0. The molecule has 2 aliphatic carbocycles. The van der Waals surface area contributed by atoms with Gasteiger partial charge in [-0.05, 0) is 36.1 Å². The Morgan fingerprint density at radius 3 is 2.22 bits per heavy atom. The summed E-state index contributed by atoms with van der Waals surface area (Å²) < 4.78 is 13.9. The van der Waals surface area contributed by atoms with Crippen molar-refractivity contribution in [1.82, 2.24) is 0 Å². The lowest BCUT2D eigenvalue weighted by Gasteiger charge is -2.27. The maximum Gasteiger partial charge on any atom is 0.198 e. The summed E-state index contributed by atoms with van der Waals surface area (Å²) in [7, 11) is 0. The Hall–Kier alpha value is -1.01. The molecular weight excluding hydrogens is 472 g/mol. The van der Waals surface area contributed by atoms with Crippen LogP contribution in [0.25, 0.3) is 0 Å². The third-order valence-corrected chi connectivity index (χ3v) is 7.20. The highest BCUT2D eigenvalue weighted by atomic mass is 79.9. The minimum absolute atomic E-state index is 0.165. The van der Waals surface area contributed by atoms with Crippen molar-refractivity contribution in [3.63, 3.8) is 0 Å². The average Bonchev–Trinajstić information content (AvgIpc) is 3.32. The highest BCUT2D eigenvalue weighted by Crippen LogP contribution is 2.49. The molecule has 1 saturated heterocycles. The van der Waals surface area contributed by atoms with Crippen LogP contribution in [-0.2, 0) is 28.1 Å². The molecule has 0 N–H and O–H groups in total. The molecule has 0 saturated carbocycles. The number of fused-ring (bicyclic) bond motifs is 3. The van der Waals surface area contributed by atoms with Gasteiger partial charge in [-0.1, -0.05) is 70.0 Å². The molecule has 1 spiro atoms. The van der Waals surface area contributed by atoms with Gasteiger partial charge < -0.3 is 9.47 Å². The van der Waals surface area contributed by atoms with Crippen LogP contribution in [0.4, 0.5) is 0 Å². The van der Waals surface area contributed by atoms with Crippen LogP contribution < -0.4 is 0 Å². The first-order valence-corrected chi connectivity index (χ1v) is 10.9.